The van der Waals surface area contributed by atoms with Gasteiger partial charge in [0.2, 0.25) is 5.89 Å². The third-order valence-corrected chi connectivity index (χ3v) is 1.75. The quantitative estimate of drug-likeness (QED) is 0.706. The number of amides is 1. The lowest BCUT2D eigenvalue weighted by molar-refractivity contribution is 0.0942. The summed E-state index contributed by atoms with van der Waals surface area (Å²) in [5, 5.41) is 23.6. The lowest BCUT2D eigenvalue weighted by Crippen LogP contribution is -2.23. The number of carbonyl (C=O) groups excluding carboxylic acids is 1. The van der Waals surface area contributed by atoms with Crippen molar-refractivity contribution in [2.75, 3.05) is 6.54 Å². The number of aliphatic hydroxyl groups is 1. The number of aromatic nitrogens is 2. The first-order valence-corrected chi connectivity index (χ1v) is 4.83. The van der Waals surface area contributed by atoms with Crippen LogP contribution in [0, 0.1) is 11.3 Å². The maximum Gasteiger partial charge on any atom is 0.292 e. The summed E-state index contributed by atoms with van der Waals surface area (Å²) in [6.07, 6.45) is -0.800. The molecule has 16 heavy (non-hydrogen) atoms. The summed E-state index contributed by atoms with van der Waals surface area (Å²) in [6.45, 7) is 2.25. The number of aliphatic hydroxyl groups excluding tert-OH is 1. The van der Waals surface area contributed by atoms with Crippen molar-refractivity contribution in [3.63, 3.8) is 0 Å². The third-order valence-electron chi connectivity index (χ3n) is 1.75. The molecule has 86 valence electrons. The van der Waals surface area contributed by atoms with Crippen LogP contribution in [0.25, 0.3) is 0 Å². The van der Waals surface area contributed by atoms with Gasteiger partial charge in [0.15, 0.2) is 0 Å². The second-order valence-corrected chi connectivity index (χ2v) is 3.09. The molecule has 0 spiro atoms. The first-order valence-electron chi connectivity index (χ1n) is 4.83. The minimum atomic E-state index is -0.854. The number of carbonyl (C=O) groups is 1. The maximum atomic E-state index is 11.3. The summed E-state index contributed by atoms with van der Waals surface area (Å²) in [6, 6.07) is 1.82. The van der Waals surface area contributed by atoms with E-state index in [-0.39, 0.29) is 24.6 Å². The maximum absolute atomic E-state index is 11.3. The highest BCUT2D eigenvalue weighted by Crippen LogP contribution is 2.03. The fraction of sp³-hybridized carbons (Fsp3) is 0.556. The molecular weight excluding hydrogens is 212 g/mol. The Bertz CT molecular complexity index is 396. The number of hydrogen-bond acceptors (Lipinski definition) is 6. The minimum Gasteiger partial charge on any atom is -0.392 e. The van der Waals surface area contributed by atoms with Crippen LogP contribution >= 0.6 is 0 Å². The van der Waals surface area contributed by atoms with Crippen LogP contribution in [0.4, 0.5) is 0 Å². The van der Waals surface area contributed by atoms with Crippen LogP contribution in [0.15, 0.2) is 4.52 Å². The molecule has 7 heteroatoms. The van der Waals surface area contributed by atoms with Crippen molar-refractivity contribution in [1.29, 1.82) is 5.26 Å². The lowest BCUT2D eigenvalue weighted by Gasteiger charge is -1.99. The third kappa shape index (κ3) is 3.33. The van der Waals surface area contributed by atoms with Gasteiger partial charge in [-0.05, 0) is 6.92 Å². The molecule has 0 aliphatic rings. The molecule has 1 rings (SSSR count). The van der Waals surface area contributed by atoms with E-state index in [1.54, 1.807) is 6.92 Å². The van der Waals surface area contributed by atoms with Gasteiger partial charge in [-0.25, -0.2) is 0 Å². The molecule has 1 heterocycles. The lowest BCUT2D eigenvalue weighted by atomic mass is 10.2. The summed E-state index contributed by atoms with van der Waals surface area (Å²) in [7, 11) is 0. The van der Waals surface area contributed by atoms with Crippen LogP contribution in [0.1, 0.15) is 29.9 Å². The summed E-state index contributed by atoms with van der Waals surface area (Å²) in [4.78, 5) is 15.1. The van der Waals surface area contributed by atoms with Crippen molar-refractivity contribution in [1.82, 2.24) is 15.5 Å². The Hall–Kier alpha value is -1.94. The first-order chi connectivity index (χ1) is 7.67. The van der Waals surface area contributed by atoms with Crippen LogP contribution in [-0.4, -0.2) is 33.8 Å². The first kappa shape index (κ1) is 12.1. The SMILES string of the molecule is CCNC(=O)c1noc(CC(O)CC#N)n1. The van der Waals surface area contributed by atoms with Crippen molar-refractivity contribution in [3.05, 3.63) is 11.7 Å². The molecule has 1 atom stereocenters. The zero-order chi connectivity index (χ0) is 12.0. The number of nitriles is 1. The molecule has 0 aromatic carbocycles. The van der Waals surface area contributed by atoms with E-state index in [1.807, 2.05) is 6.07 Å². The van der Waals surface area contributed by atoms with Crippen LogP contribution in [0.2, 0.25) is 0 Å². The average molecular weight is 224 g/mol. The number of nitrogens with zero attached hydrogens (tertiary/aromatic N) is 3. The zero-order valence-corrected chi connectivity index (χ0v) is 8.80. The predicted octanol–water partition coefficient (Wildman–Crippen LogP) is -0.364. The van der Waals surface area contributed by atoms with Crippen molar-refractivity contribution in [2.45, 2.75) is 25.9 Å². The van der Waals surface area contributed by atoms with E-state index in [1.165, 1.54) is 0 Å². The predicted molar refractivity (Wildman–Crippen MR) is 52.2 cm³/mol. The van der Waals surface area contributed by atoms with Crippen molar-refractivity contribution >= 4 is 5.91 Å². The number of hydrogen-bond donors (Lipinski definition) is 2. The second-order valence-electron chi connectivity index (χ2n) is 3.09. The second kappa shape index (κ2) is 5.82. The van der Waals surface area contributed by atoms with Gasteiger partial charge in [0.25, 0.3) is 11.7 Å². The van der Waals surface area contributed by atoms with Gasteiger partial charge in [-0.3, -0.25) is 4.79 Å². The van der Waals surface area contributed by atoms with E-state index in [9.17, 15) is 9.90 Å². The van der Waals surface area contributed by atoms with E-state index in [0.29, 0.717) is 6.54 Å². The topological polar surface area (TPSA) is 112 Å². The largest absolute Gasteiger partial charge is 0.392 e. The molecule has 2 N–H and O–H groups in total. The van der Waals surface area contributed by atoms with Gasteiger partial charge >= 0.3 is 0 Å². The van der Waals surface area contributed by atoms with Gasteiger partial charge < -0.3 is 14.9 Å². The fourth-order valence-electron chi connectivity index (χ4n) is 1.05. The Kier molecular flexibility index (Phi) is 4.42. The molecule has 0 fully saturated rings. The van der Waals surface area contributed by atoms with E-state index >= 15 is 0 Å². The molecule has 0 saturated heterocycles. The van der Waals surface area contributed by atoms with Crippen LogP contribution in [0.3, 0.4) is 0 Å². The Balaban J connectivity index is 2.58. The molecule has 0 radical (unpaired) electrons. The summed E-state index contributed by atoms with van der Waals surface area (Å²) in [5.41, 5.74) is 0. The van der Waals surface area contributed by atoms with Crippen molar-refractivity contribution in [3.8, 4) is 6.07 Å². The Morgan fingerprint density at radius 1 is 1.75 bits per heavy atom. The monoisotopic (exact) mass is 224 g/mol. The fourth-order valence-corrected chi connectivity index (χ4v) is 1.05. The molecular formula is C9H12N4O3. The smallest absolute Gasteiger partial charge is 0.292 e. The van der Waals surface area contributed by atoms with Gasteiger partial charge in [-0.15, -0.1) is 0 Å². The normalized spacial score (nSPS) is 11.8. The van der Waals surface area contributed by atoms with Crippen LogP contribution in [0.5, 0.6) is 0 Å². The van der Waals surface area contributed by atoms with E-state index in [4.69, 9.17) is 9.78 Å². The molecule has 7 nitrogen and oxygen atoms in total. The number of nitrogens with one attached hydrogen (secondary N) is 1. The van der Waals surface area contributed by atoms with Gasteiger partial charge in [0.1, 0.15) is 0 Å². The van der Waals surface area contributed by atoms with Gasteiger partial charge in [-0.2, -0.15) is 10.2 Å². The van der Waals surface area contributed by atoms with E-state index in [2.05, 4.69) is 15.5 Å². The molecule has 1 unspecified atom stereocenters. The molecule has 1 aromatic heterocycles. The van der Waals surface area contributed by atoms with E-state index in [0.717, 1.165) is 0 Å². The highest BCUT2D eigenvalue weighted by molar-refractivity contribution is 5.90. The Morgan fingerprint density at radius 2 is 2.50 bits per heavy atom. The highest BCUT2D eigenvalue weighted by Gasteiger charge is 2.16. The van der Waals surface area contributed by atoms with Crippen molar-refractivity contribution in [2.24, 2.45) is 0 Å². The van der Waals surface area contributed by atoms with Gasteiger partial charge in [-0.1, -0.05) is 5.16 Å². The van der Waals surface area contributed by atoms with Gasteiger partial charge in [0.05, 0.1) is 25.0 Å². The Morgan fingerprint density at radius 3 is 3.12 bits per heavy atom. The zero-order valence-electron chi connectivity index (χ0n) is 8.80. The average Bonchev–Trinajstić information content (AvgIpc) is 2.67. The molecule has 1 amide bonds. The van der Waals surface area contributed by atoms with E-state index < -0.39 is 12.0 Å². The van der Waals surface area contributed by atoms with Crippen molar-refractivity contribution < 1.29 is 14.4 Å². The molecule has 0 saturated carbocycles. The molecule has 0 bridgehead atoms. The molecule has 1 aromatic rings. The minimum absolute atomic E-state index is 0.0150. The Labute approximate surface area is 92.1 Å². The standard InChI is InChI=1S/C9H12N4O3/c1-2-11-9(15)8-12-7(16-13-8)5-6(14)3-4-10/h6,14H,2-3,5H2,1H3,(H,11,15). The summed E-state index contributed by atoms with van der Waals surface area (Å²) < 4.78 is 4.76. The van der Waals surface area contributed by atoms with Gasteiger partial charge in [0, 0.05) is 6.54 Å². The van der Waals surface area contributed by atoms with Crippen LogP contribution in [-0.2, 0) is 6.42 Å². The van der Waals surface area contributed by atoms with Crippen LogP contribution < -0.4 is 5.32 Å². The number of rotatable bonds is 5. The highest BCUT2D eigenvalue weighted by atomic mass is 16.5. The molecule has 0 aliphatic heterocycles. The summed E-state index contributed by atoms with van der Waals surface area (Å²) in [5.74, 6) is -0.350. The summed E-state index contributed by atoms with van der Waals surface area (Å²) >= 11 is 0. The molecule has 0 aliphatic carbocycles.